The van der Waals surface area contributed by atoms with Crippen LogP contribution in [0.2, 0.25) is 0 Å². The zero-order valence-electron chi connectivity index (χ0n) is 44.3. The van der Waals surface area contributed by atoms with E-state index in [-0.39, 0.29) is 13.4 Å². The monoisotopic (exact) mass is 1020 g/mol. The maximum absolute atomic E-state index is 2.69. The Morgan fingerprint density at radius 1 is 0.287 bits per heavy atom. The van der Waals surface area contributed by atoms with Crippen molar-refractivity contribution in [3.63, 3.8) is 0 Å². The molecule has 6 heterocycles. The summed E-state index contributed by atoms with van der Waals surface area (Å²) in [5.74, 6) is 0. The van der Waals surface area contributed by atoms with Crippen molar-refractivity contribution in [2.75, 3.05) is 42.5 Å². The van der Waals surface area contributed by atoms with Gasteiger partial charge in [-0.1, -0.05) is 152 Å². The van der Waals surface area contributed by atoms with Crippen LogP contribution in [-0.4, -0.2) is 26.5 Å². The van der Waals surface area contributed by atoms with E-state index in [1.54, 1.807) is 0 Å². The van der Waals surface area contributed by atoms with Crippen LogP contribution in [0.1, 0.15) is 24.0 Å². The summed E-state index contributed by atoms with van der Waals surface area (Å²) < 4.78 is 0. The molecule has 0 aromatic heterocycles. The van der Waals surface area contributed by atoms with Crippen LogP contribution in [0.4, 0.5) is 91.0 Å². The van der Waals surface area contributed by atoms with E-state index < -0.39 is 0 Å². The third kappa shape index (κ3) is 6.75. The van der Waals surface area contributed by atoms with Gasteiger partial charge in [0.15, 0.2) is 0 Å². The molecule has 0 atom stereocenters. The van der Waals surface area contributed by atoms with Gasteiger partial charge < -0.3 is 29.4 Å². The second kappa shape index (κ2) is 17.9. The van der Waals surface area contributed by atoms with Gasteiger partial charge in [0.2, 0.25) is 0 Å². The van der Waals surface area contributed by atoms with Gasteiger partial charge in [0, 0.05) is 92.7 Å². The maximum atomic E-state index is 2.69. The normalized spacial score (nSPS) is 14.6. The number of anilines is 16. The second-order valence-corrected chi connectivity index (χ2v) is 22.2. The van der Waals surface area contributed by atoms with Crippen molar-refractivity contribution in [3.05, 3.63) is 266 Å². The largest absolute Gasteiger partial charge is 0.342 e. The van der Waals surface area contributed by atoms with Gasteiger partial charge >= 0.3 is 0 Å². The Kier molecular flexibility index (Phi) is 10.2. The van der Waals surface area contributed by atoms with E-state index in [4.69, 9.17) is 0 Å². The number of aryl methyl sites for hydroxylation is 2. The lowest BCUT2D eigenvalue weighted by Crippen LogP contribution is -2.66. The molecule has 0 aliphatic carbocycles. The molecule has 0 saturated heterocycles. The second-order valence-electron chi connectivity index (χ2n) is 22.2. The van der Waals surface area contributed by atoms with E-state index in [1.165, 1.54) is 89.4 Å². The van der Waals surface area contributed by atoms with Crippen molar-refractivity contribution < 1.29 is 0 Å². The van der Waals surface area contributed by atoms with Crippen LogP contribution in [0, 0.1) is 0 Å². The molecule has 6 nitrogen and oxygen atoms in total. The standard InChI is InChI=1S/C72H54B2N6/c1-7-27-51(28-8-1)77(52-29-9-2-10-30-52)57-43-65-69-67(45-57)79(55-35-15-5-16-36-55)63-48-64-62(47-61(63)73(69)59-39-19-23-49-25-21-41-75(65)71(49)59)74-60-40-20-24-50-26-22-42-76(72(50)60)66-44-58(46-68(70(66)74)80(64)56-37-17-6-18-38-56)78(53-31-11-3-12-32-53)54-33-13-4-14-34-54/h1-20,23-24,27-40,43-48H,21-22,25-26,41-42H2. The quantitative estimate of drug-likeness (QED) is 0.140. The van der Waals surface area contributed by atoms with E-state index >= 15 is 0 Å². The first-order valence-electron chi connectivity index (χ1n) is 28.6. The summed E-state index contributed by atoms with van der Waals surface area (Å²) in [5.41, 5.74) is 30.3. The first-order chi connectivity index (χ1) is 39.7. The summed E-state index contributed by atoms with van der Waals surface area (Å²) in [6.07, 6.45) is 4.33. The van der Waals surface area contributed by atoms with E-state index in [2.05, 4.69) is 284 Å². The molecule has 17 rings (SSSR count). The highest BCUT2D eigenvalue weighted by Crippen LogP contribution is 2.52. The molecular formula is C72H54B2N6. The molecule has 11 aromatic rings. The van der Waals surface area contributed by atoms with Gasteiger partial charge in [-0.2, -0.15) is 0 Å². The summed E-state index contributed by atoms with van der Waals surface area (Å²) in [6, 6.07) is 95.7. The average Bonchev–Trinajstić information content (AvgIpc) is 3.66. The Morgan fingerprint density at radius 3 is 1.01 bits per heavy atom. The van der Waals surface area contributed by atoms with Gasteiger partial charge in [-0.15, -0.1) is 0 Å². The van der Waals surface area contributed by atoms with E-state index in [9.17, 15) is 0 Å². The first-order valence-corrected chi connectivity index (χ1v) is 28.6. The predicted molar refractivity (Wildman–Crippen MR) is 338 cm³/mol. The van der Waals surface area contributed by atoms with Crippen molar-refractivity contribution in [1.82, 2.24) is 0 Å². The molecule has 0 unspecified atom stereocenters. The van der Waals surface area contributed by atoms with Crippen LogP contribution in [-0.2, 0) is 12.8 Å². The Balaban J connectivity index is 0.984. The Morgan fingerprint density at radius 2 is 0.637 bits per heavy atom. The molecule has 378 valence electrons. The van der Waals surface area contributed by atoms with Gasteiger partial charge in [0.05, 0.1) is 11.4 Å². The van der Waals surface area contributed by atoms with Crippen LogP contribution in [0.3, 0.4) is 0 Å². The predicted octanol–water partition coefficient (Wildman–Crippen LogP) is 14.0. The van der Waals surface area contributed by atoms with Gasteiger partial charge in [-0.05, 0) is 173 Å². The molecule has 11 aromatic carbocycles. The Bertz CT molecular complexity index is 3890. The number of hydrogen-bond acceptors (Lipinski definition) is 6. The van der Waals surface area contributed by atoms with Crippen LogP contribution in [0.25, 0.3) is 0 Å². The van der Waals surface area contributed by atoms with Gasteiger partial charge in [-0.25, -0.2) is 0 Å². The lowest BCUT2D eigenvalue weighted by atomic mass is 9.30. The Hall–Kier alpha value is -9.65. The van der Waals surface area contributed by atoms with Crippen LogP contribution < -0.4 is 62.2 Å². The molecule has 6 aliphatic rings. The molecule has 0 bridgehead atoms. The molecule has 0 spiro atoms. The first kappa shape index (κ1) is 45.4. The molecule has 80 heavy (non-hydrogen) atoms. The lowest BCUT2D eigenvalue weighted by Gasteiger charge is -2.49. The maximum Gasteiger partial charge on any atom is 0.252 e. The third-order valence-corrected chi connectivity index (χ3v) is 17.9. The number of para-hydroxylation sites is 8. The van der Waals surface area contributed by atoms with Gasteiger partial charge in [0.25, 0.3) is 13.4 Å². The number of nitrogens with zero attached hydrogens (tertiary/aromatic N) is 6. The highest BCUT2D eigenvalue weighted by molar-refractivity contribution is 7.03. The Labute approximate surface area is 468 Å². The summed E-state index contributed by atoms with van der Waals surface area (Å²) >= 11 is 0. The van der Waals surface area contributed by atoms with Gasteiger partial charge in [-0.3, -0.25) is 0 Å². The number of benzene rings is 11. The van der Waals surface area contributed by atoms with Crippen molar-refractivity contribution >= 4 is 137 Å². The molecule has 0 fully saturated rings. The summed E-state index contributed by atoms with van der Waals surface area (Å²) in [5, 5.41) is 0. The zero-order chi connectivity index (χ0) is 52.4. The molecule has 6 aliphatic heterocycles. The van der Waals surface area contributed by atoms with E-state index in [0.29, 0.717) is 0 Å². The highest BCUT2D eigenvalue weighted by Gasteiger charge is 2.49. The number of rotatable bonds is 8. The molecular weight excluding hydrogens is 970 g/mol. The van der Waals surface area contributed by atoms with E-state index in [1.807, 2.05) is 0 Å². The molecule has 0 radical (unpaired) electrons. The SMILES string of the molecule is c1ccc(N(c2ccccc2)c2cc3c4c(c2)N(c2ccccc2)c2cc5c(cc2B4c2cccc4c2N3CCC4)B2c3cccc4c3N(CCC4)c3cc(N(c4ccccc4)c4ccccc4)cc(c32)N5c2ccccc2)cc1. The molecule has 0 amide bonds. The lowest BCUT2D eigenvalue weighted by molar-refractivity contribution is 0.769. The van der Waals surface area contributed by atoms with Crippen molar-refractivity contribution in [2.45, 2.75) is 25.7 Å². The summed E-state index contributed by atoms with van der Waals surface area (Å²) in [6.45, 7) is 1.87. The van der Waals surface area contributed by atoms with Crippen molar-refractivity contribution in [3.8, 4) is 0 Å². The fraction of sp³-hybridized carbons (Fsp3) is 0.0833. The van der Waals surface area contributed by atoms with Crippen molar-refractivity contribution in [2.24, 2.45) is 0 Å². The van der Waals surface area contributed by atoms with E-state index in [0.717, 1.165) is 84.3 Å². The fourth-order valence-electron chi connectivity index (χ4n) is 14.8. The fourth-order valence-corrected chi connectivity index (χ4v) is 14.8. The van der Waals surface area contributed by atoms with Crippen LogP contribution >= 0.6 is 0 Å². The number of fused-ring (bicyclic) bond motifs is 8. The minimum atomic E-state index is -0.0241. The minimum absolute atomic E-state index is 0.0241. The van der Waals surface area contributed by atoms with Gasteiger partial charge in [0.1, 0.15) is 0 Å². The topological polar surface area (TPSA) is 19.4 Å². The average molecular weight is 1020 g/mol. The number of hydrogen-bond donors (Lipinski definition) is 0. The summed E-state index contributed by atoms with van der Waals surface area (Å²) in [7, 11) is 0. The molecule has 8 heteroatoms. The third-order valence-electron chi connectivity index (χ3n) is 17.9. The smallest absolute Gasteiger partial charge is 0.252 e. The minimum Gasteiger partial charge on any atom is -0.342 e. The summed E-state index contributed by atoms with van der Waals surface area (Å²) in [4.78, 5) is 15.5. The molecule has 0 N–H and O–H groups in total. The highest BCUT2D eigenvalue weighted by atomic mass is 15.2. The zero-order valence-corrected chi connectivity index (χ0v) is 44.3. The van der Waals surface area contributed by atoms with Crippen molar-refractivity contribution in [1.29, 1.82) is 0 Å². The van der Waals surface area contributed by atoms with Crippen LogP contribution in [0.15, 0.2) is 255 Å². The molecule has 0 saturated carbocycles. The van der Waals surface area contributed by atoms with Crippen LogP contribution in [0.5, 0.6) is 0 Å².